The molecule has 1 aromatic rings. The second-order valence-corrected chi connectivity index (χ2v) is 3.12. The number of benzene rings is 1. The summed E-state index contributed by atoms with van der Waals surface area (Å²) in [6, 6.07) is 6.39. The number of rotatable bonds is 4. The lowest BCUT2D eigenvalue weighted by Gasteiger charge is -2.15. The predicted octanol–water partition coefficient (Wildman–Crippen LogP) is -0.0944. The summed E-state index contributed by atoms with van der Waals surface area (Å²) in [7, 11) is 0. The Morgan fingerprint density at radius 1 is 1.40 bits per heavy atom. The molecule has 0 spiro atoms. The molecule has 0 aliphatic carbocycles. The van der Waals surface area contributed by atoms with E-state index in [-0.39, 0.29) is 13.2 Å². The van der Waals surface area contributed by atoms with Crippen molar-refractivity contribution < 1.29 is 10.2 Å². The van der Waals surface area contributed by atoms with Crippen LogP contribution in [0.15, 0.2) is 18.2 Å². The van der Waals surface area contributed by atoms with Crippen molar-refractivity contribution in [2.45, 2.75) is 6.04 Å². The maximum absolute atomic E-state index is 8.86. The minimum atomic E-state index is -0.430. The number of hydrogen-bond donors (Lipinski definition) is 4. The molecule has 5 N–H and O–H groups in total. The summed E-state index contributed by atoms with van der Waals surface area (Å²) >= 11 is 0. The van der Waals surface area contributed by atoms with E-state index in [1.165, 1.54) is 0 Å². The molecule has 0 aromatic heterocycles. The zero-order valence-corrected chi connectivity index (χ0v) is 8.14. The van der Waals surface area contributed by atoms with E-state index < -0.39 is 6.04 Å². The molecule has 80 valence electrons. The lowest BCUT2D eigenvalue weighted by atomic mass is 10.1. The number of nitrogens with zero attached hydrogens (tertiary/aromatic N) is 1. The molecule has 0 atom stereocenters. The third-order valence-corrected chi connectivity index (χ3v) is 1.99. The van der Waals surface area contributed by atoms with Gasteiger partial charge in [-0.15, -0.1) is 0 Å². The van der Waals surface area contributed by atoms with Crippen molar-refractivity contribution in [1.29, 1.82) is 5.26 Å². The third kappa shape index (κ3) is 2.84. The Morgan fingerprint density at radius 2 is 2.07 bits per heavy atom. The van der Waals surface area contributed by atoms with Crippen molar-refractivity contribution in [3.8, 4) is 6.07 Å². The summed E-state index contributed by atoms with van der Waals surface area (Å²) < 4.78 is 0. The van der Waals surface area contributed by atoms with Gasteiger partial charge >= 0.3 is 0 Å². The van der Waals surface area contributed by atoms with E-state index in [1.807, 2.05) is 6.07 Å². The first kappa shape index (κ1) is 11.3. The molecule has 0 radical (unpaired) electrons. The van der Waals surface area contributed by atoms with Crippen LogP contribution in [0.4, 0.5) is 11.4 Å². The number of hydrogen-bond acceptors (Lipinski definition) is 5. The first-order valence-electron chi connectivity index (χ1n) is 4.49. The van der Waals surface area contributed by atoms with E-state index in [0.717, 1.165) is 0 Å². The van der Waals surface area contributed by atoms with Crippen LogP contribution < -0.4 is 11.1 Å². The highest BCUT2D eigenvalue weighted by molar-refractivity contribution is 5.62. The number of nitrogen functional groups attached to an aromatic ring is 1. The molecule has 0 heterocycles. The number of nitriles is 1. The summed E-state index contributed by atoms with van der Waals surface area (Å²) in [4.78, 5) is 0. The van der Waals surface area contributed by atoms with Crippen molar-refractivity contribution >= 4 is 11.4 Å². The Morgan fingerprint density at radius 3 is 2.60 bits per heavy atom. The molecule has 0 saturated carbocycles. The quantitative estimate of drug-likeness (QED) is 0.516. The fourth-order valence-corrected chi connectivity index (χ4v) is 1.13. The van der Waals surface area contributed by atoms with Gasteiger partial charge in [0.25, 0.3) is 0 Å². The van der Waals surface area contributed by atoms with Crippen molar-refractivity contribution in [2.75, 3.05) is 24.3 Å². The van der Waals surface area contributed by atoms with Gasteiger partial charge in [-0.25, -0.2) is 0 Å². The average molecular weight is 207 g/mol. The normalized spacial score (nSPS) is 10.0. The van der Waals surface area contributed by atoms with Crippen LogP contribution in [0.25, 0.3) is 0 Å². The van der Waals surface area contributed by atoms with Crippen LogP contribution in [-0.4, -0.2) is 29.5 Å². The summed E-state index contributed by atoms with van der Waals surface area (Å²) in [5.74, 6) is 0. The molecule has 0 saturated heterocycles. The van der Waals surface area contributed by atoms with Gasteiger partial charge in [-0.3, -0.25) is 0 Å². The van der Waals surface area contributed by atoms with Crippen molar-refractivity contribution in [1.82, 2.24) is 0 Å². The Labute approximate surface area is 87.8 Å². The van der Waals surface area contributed by atoms with Crippen LogP contribution in [0, 0.1) is 11.3 Å². The lowest BCUT2D eigenvalue weighted by Crippen LogP contribution is -2.27. The van der Waals surface area contributed by atoms with Gasteiger partial charge in [0, 0.05) is 11.4 Å². The minimum absolute atomic E-state index is 0.178. The summed E-state index contributed by atoms with van der Waals surface area (Å²) in [5, 5.41) is 29.3. The molecule has 0 unspecified atom stereocenters. The molecule has 0 bridgehead atoms. The monoisotopic (exact) mass is 207 g/mol. The third-order valence-electron chi connectivity index (χ3n) is 1.99. The van der Waals surface area contributed by atoms with Gasteiger partial charge in [0.15, 0.2) is 0 Å². The Hall–Kier alpha value is -1.77. The van der Waals surface area contributed by atoms with Crippen LogP contribution in [-0.2, 0) is 0 Å². The van der Waals surface area contributed by atoms with Gasteiger partial charge in [-0.05, 0) is 18.2 Å². The summed E-state index contributed by atoms with van der Waals surface area (Å²) in [5.41, 5.74) is 6.97. The predicted molar refractivity (Wildman–Crippen MR) is 57.2 cm³/mol. The van der Waals surface area contributed by atoms with E-state index in [2.05, 4.69) is 5.32 Å². The Kier molecular flexibility index (Phi) is 3.92. The SMILES string of the molecule is N#Cc1cc(NC(CO)CO)ccc1N. The van der Waals surface area contributed by atoms with Crippen molar-refractivity contribution in [2.24, 2.45) is 0 Å². The van der Waals surface area contributed by atoms with Gasteiger partial charge in [0.1, 0.15) is 6.07 Å². The van der Waals surface area contributed by atoms with E-state index in [1.54, 1.807) is 18.2 Å². The highest BCUT2D eigenvalue weighted by Crippen LogP contribution is 2.17. The zero-order valence-electron chi connectivity index (χ0n) is 8.14. The summed E-state index contributed by atoms with van der Waals surface area (Å²) in [6.07, 6.45) is 0. The minimum Gasteiger partial charge on any atom is -0.398 e. The Bertz CT molecular complexity index is 369. The molecule has 1 rings (SSSR count). The number of nitrogens with one attached hydrogen (secondary N) is 1. The molecule has 5 nitrogen and oxygen atoms in total. The first-order valence-corrected chi connectivity index (χ1v) is 4.49. The maximum atomic E-state index is 8.86. The van der Waals surface area contributed by atoms with Crippen molar-refractivity contribution in [3.05, 3.63) is 23.8 Å². The van der Waals surface area contributed by atoms with Gasteiger partial charge < -0.3 is 21.3 Å². The maximum Gasteiger partial charge on any atom is 0.101 e. The molecular formula is C10H13N3O2. The largest absolute Gasteiger partial charge is 0.398 e. The zero-order chi connectivity index (χ0) is 11.3. The highest BCUT2D eigenvalue weighted by Gasteiger charge is 2.06. The molecule has 15 heavy (non-hydrogen) atoms. The van der Waals surface area contributed by atoms with Gasteiger partial charge in [0.05, 0.1) is 24.8 Å². The van der Waals surface area contributed by atoms with E-state index in [4.69, 9.17) is 21.2 Å². The van der Waals surface area contributed by atoms with Gasteiger partial charge in [0.2, 0.25) is 0 Å². The molecule has 0 amide bonds. The smallest absolute Gasteiger partial charge is 0.101 e. The second kappa shape index (κ2) is 5.20. The van der Waals surface area contributed by atoms with Crippen molar-refractivity contribution in [3.63, 3.8) is 0 Å². The molecular weight excluding hydrogens is 194 g/mol. The lowest BCUT2D eigenvalue weighted by molar-refractivity contribution is 0.204. The second-order valence-electron chi connectivity index (χ2n) is 3.12. The van der Waals surface area contributed by atoms with Gasteiger partial charge in [-0.2, -0.15) is 5.26 Å². The van der Waals surface area contributed by atoms with Crippen LogP contribution in [0.5, 0.6) is 0 Å². The van der Waals surface area contributed by atoms with Crippen LogP contribution in [0.1, 0.15) is 5.56 Å². The van der Waals surface area contributed by atoms with E-state index >= 15 is 0 Å². The number of aliphatic hydroxyl groups excluding tert-OH is 2. The van der Waals surface area contributed by atoms with E-state index in [0.29, 0.717) is 16.9 Å². The summed E-state index contributed by atoms with van der Waals surface area (Å²) in [6.45, 7) is -0.356. The number of anilines is 2. The molecule has 0 aliphatic heterocycles. The Balaban J connectivity index is 2.83. The number of nitrogens with two attached hydrogens (primary N) is 1. The molecule has 5 heteroatoms. The van der Waals surface area contributed by atoms with E-state index in [9.17, 15) is 0 Å². The fraction of sp³-hybridized carbons (Fsp3) is 0.300. The fourth-order valence-electron chi connectivity index (χ4n) is 1.13. The topological polar surface area (TPSA) is 102 Å². The highest BCUT2D eigenvalue weighted by atomic mass is 16.3. The molecule has 1 aromatic carbocycles. The molecule has 0 fully saturated rings. The molecule has 0 aliphatic rings. The first-order chi connectivity index (χ1) is 7.21. The standard InChI is InChI=1S/C10H13N3O2/c11-4-7-3-8(1-2-10(7)12)13-9(5-14)6-15/h1-3,9,13-15H,5-6,12H2. The average Bonchev–Trinajstić information content (AvgIpc) is 2.28. The van der Waals surface area contributed by atoms with Gasteiger partial charge in [-0.1, -0.05) is 0 Å². The van der Waals surface area contributed by atoms with Crippen LogP contribution in [0.2, 0.25) is 0 Å². The number of aliphatic hydroxyl groups is 2. The van der Waals surface area contributed by atoms with Crippen LogP contribution in [0.3, 0.4) is 0 Å². The van der Waals surface area contributed by atoms with Crippen LogP contribution >= 0.6 is 0 Å².